The van der Waals surface area contributed by atoms with Crippen LogP contribution in [0, 0.1) is 0 Å². The molecule has 6 nitrogen and oxygen atoms in total. The quantitative estimate of drug-likeness (QED) is 0.802. The van der Waals surface area contributed by atoms with Gasteiger partial charge in [0.15, 0.2) is 0 Å². The standard InChI is InChI=1S/C18H14N4O2/c23-18(24)12-4-3-5-14(8-12)22-11-13(9-20-22)17-10-19-15-6-1-2-7-16(15)21-17/h1-2,4,6-11H,3,5H2,(H,23,24). The van der Waals surface area contributed by atoms with Gasteiger partial charge >= 0.3 is 5.97 Å². The van der Waals surface area contributed by atoms with Crippen LogP contribution in [0.15, 0.2) is 60.6 Å². The van der Waals surface area contributed by atoms with E-state index in [1.165, 1.54) is 0 Å². The minimum atomic E-state index is -0.917. The van der Waals surface area contributed by atoms with Crippen molar-refractivity contribution in [2.24, 2.45) is 0 Å². The summed E-state index contributed by atoms with van der Waals surface area (Å²) in [7, 11) is 0. The van der Waals surface area contributed by atoms with Gasteiger partial charge < -0.3 is 5.11 Å². The van der Waals surface area contributed by atoms with Gasteiger partial charge in [-0.15, -0.1) is 0 Å². The van der Waals surface area contributed by atoms with Crippen LogP contribution in [0.4, 0.5) is 0 Å². The van der Waals surface area contributed by atoms with Crippen LogP contribution in [0.5, 0.6) is 0 Å². The zero-order chi connectivity index (χ0) is 16.5. The second-order valence-electron chi connectivity index (χ2n) is 5.56. The first-order valence-electron chi connectivity index (χ1n) is 7.62. The second-order valence-corrected chi connectivity index (χ2v) is 5.56. The van der Waals surface area contributed by atoms with Crippen LogP contribution in [0.3, 0.4) is 0 Å². The number of aliphatic carboxylic acids is 1. The molecular weight excluding hydrogens is 304 g/mol. The zero-order valence-corrected chi connectivity index (χ0v) is 12.8. The van der Waals surface area contributed by atoms with Crippen LogP contribution in [0.1, 0.15) is 12.8 Å². The van der Waals surface area contributed by atoms with Gasteiger partial charge in [-0.1, -0.05) is 18.2 Å². The molecule has 0 saturated carbocycles. The molecule has 0 unspecified atom stereocenters. The van der Waals surface area contributed by atoms with Gasteiger partial charge in [0, 0.05) is 17.5 Å². The first kappa shape index (κ1) is 14.3. The van der Waals surface area contributed by atoms with Crippen molar-refractivity contribution in [1.29, 1.82) is 0 Å². The molecule has 1 aliphatic carbocycles. The first-order valence-corrected chi connectivity index (χ1v) is 7.62. The lowest BCUT2D eigenvalue weighted by molar-refractivity contribution is -0.132. The van der Waals surface area contributed by atoms with Gasteiger partial charge in [-0.3, -0.25) is 4.98 Å². The zero-order valence-electron chi connectivity index (χ0n) is 12.8. The van der Waals surface area contributed by atoms with Gasteiger partial charge in [0.05, 0.1) is 34.7 Å². The van der Waals surface area contributed by atoms with Crippen LogP contribution < -0.4 is 0 Å². The SMILES string of the molecule is O=C(O)C1=CCCC(n2cc(-c3cnc4ccccc4n3)cn2)=C1. The summed E-state index contributed by atoms with van der Waals surface area (Å²) in [6.45, 7) is 0. The number of rotatable bonds is 3. The number of aromatic nitrogens is 4. The Hall–Kier alpha value is -3.28. The molecule has 0 aliphatic heterocycles. The monoisotopic (exact) mass is 318 g/mol. The van der Waals surface area contributed by atoms with Crippen molar-refractivity contribution in [2.75, 3.05) is 0 Å². The van der Waals surface area contributed by atoms with E-state index in [1.54, 1.807) is 29.2 Å². The third kappa shape index (κ3) is 2.58. The maximum Gasteiger partial charge on any atom is 0.335 e. The fourth-order valence-electron chi connectivity index (χ4n) is 2.72. The molecule has 6 heteroatoms. The fourth-order valence-corrected chi connectivity index (χ4v) is 2.72. The molecule has 4 rings (SSSR count). The van der Waals surface area contributed by atoms with Gasteiger partial charge in [-0.25, -0.2) is 14.5 Å². The Morgan fingerprint density at radius 3 is 2.83 bits per heavy atom. The number of carbonyl (C=O) groups is 1. The van der Waals surface area contributed by atoms with Crippen LogP contribution >= 0.6 is 0 Å². The highest BCUT2D eigenvalue weighted by molar-refractivity contribution is 5.92. The highest BCUT2D eigenvalue weighted by Gasteiger charge is 2.14. The van der Waals surface area contributed by atoms with Crippen molar-refractivity contribution in [1.82, 2.24) is 19.7 Å². The number of benzene rings is 1. The fraction of sp³-hybridized carbons (Fsp3) is 0.111. The predicted octanol–water partition coefficient (Wildman–Crippen LogP) is 3.14. The summed E-state index contributed by atoms with van der Waals surface area (Å²) >= 11 is 0. The Kier molecular flexibility index (Phi) is 3.42. The molecule has 0 fully saturated rings. The molecular formula is C18H14N4O2. The molecule has 1 N–H and O–H groups in total. The molecule has 1 aromatic carbocycles. The number of allylic oxidation sites excluding steroid dienone is 2. The van der Waals surface area contributed by atoms with Gasteiger partial charge in [0.25, 0.3) is 0 Å². The Balaban J connectivity index is 1.69. The number of fused-ring (bicyclic) bond motifs is 1. The molecule has 0 spiro atoms. The van der Waals surface area contributed by atoms with Gasteiger partial charge in [-0.05, 0) is 31.1 Å². The molecule has 2 heterocycles. The molecule has 3 aromatic rings. The molecule has 0 bridgehead atoms. The number of hydrogen-bond donors (Lipinski definition) is 1. The average Bonchev–Trinajstić information content (AvgIpc) is 3.11. The second kappa shape index (κ2) is 5.73. The molecule has 24 heavy (non-hydrogen) atoms. The lowest BCUT2D eigenvalue weighted by Crippen LogP contribution is -2.06. The van der Waals surface area contributed by atoms with E-state index in [0.717, 1.165) is 34.4 Å². The minimum absolute atomic E-state index is 0.304. The summed E-state index contributed by atoms with van der Waals surface area (Å²) in [5, 5.41) is 13.5. The number of carboxylic acid groups (broad SMARTS) is 1. The van der Waals surface area contributed by atoms with Crippen molar-refractivity contribution < 1.29 is 9.90 Å². The normalized spacial score (nSPS) is 14.3. The predicted molar refractivity (Wildman–Crippen MR) is 90.0 cm³/mol. The minimum Gasteiger partial charge on any atom is -0.478 e. The summed E-state index contributed by atoms with van der Waals surface area (Å²) < 4.78 is 1.71. The average molecular weight is 318 g/mol. The van der Waals surface area contributed by atoms with Crippen LogP contribution in [0.2, 0.25) is 0 Å². The summed E-state index contributed by atoms with van der Waals surface area (Å²) in [5.41, 5.74) is 4.43. The summed E-state index contributed by atoms with van der Waals surface area (Å²) in [6, 6.07) is 7.70. The third-order valence-electron chi connectivity index (χ3n) is 3.95. The lowest BCUT2D eigenvalue weighted by Gasteiger charge is -2.11. The Morgan fingerprint density at radius 1 is 1.17 bits per heavy atom. The van der Waals surface area contributed by atoms with Gasteiger partial charge in [0.1, 0.15) is 0 Å². The molecule has 1 aliphatic rings. The Morgan fingerprint density at radius 2 is 2.00 bits per heavy atom. The van der Waals surface area contributed by atoms with E-state index >= 15 is 0 Å². The Bertz CT molecular complexity index is 1000. The topological polar surface area (TPSA) is 80.9 Å². The van der Waals surface area contributed by atoms with E-state index in [-0.39, 0.29) is 0 Å². The van der Waals surface area contributed by atoms with Gasteiger partial charge in [-0.2, -0.15) is 5.10 Å². The van der Waals surface area contributed by atoms with Crippen LogP contribution in [-0.2, 0) is 4.79 Å². The lowest BCUT2D eigenvalue weighted by atomic mass is 10.0. The van der Waals surface area contributed by atoms with Crippen molar-refractivity contribution in [3.8, 4) is 11.3 Å². The number of carboxylic acids is 1. The van der Waals surface area contributed by atoms with E-state index in [1.807, 2.05) is 30.5 Å². The number of hydrogen-bond acceptors (Lipinski definition) is 4. The van der Waals surface area contributed by atoms with E-state index in [9.17, 15) is 4.79 Å². The molecule has 118 valence electrons. The van der Waals surface area contributed by atoms with Crippen molar-refractivity contribution >= 4 is 22.7 Å². The van der Waals surface area contributed by atoms with Crippen LogP contribution in [-0.4, -0.2) is 30.8 Å². The molecule has 0 amide bonds. The summed E-state index contributed by atoms with van der Waals surface area (Å²) in [5.74, 6) is -0.917. The summed E-state index contributed by atoms with van der Waals surface area (Å²) in [6.07, 6.45) is 10.1. The largest absolute Gasteiger partial charge is 0.478 e. The first-order chi connectivity index (χ1) is 11.7. The summed E-state index contributed by atoms with van der Waals surface area (Å²) in [4.78, 5) is 20.1. The molecule has 2 aromatic heterocycles. The number of nitrogens with zero attached hydrogens (tertiary/aromatic N) is 4. The highest BCUT2D eigenvalue weighted by Crippen LogP contribution is 2.24. The van der Waals surface area contributed by atoms with Crippen molar-refractivity contribution in [3.63, 3.8) is 0 Å². The van der Waals surface area contributed by atoms with Gasteiger partial charge in [0.2, 0.25) is 0 Å². The Labute approximate surface area is 137 Å². The van der Waals surface area contributed by atoms with Crippen molar-refractivity contribution in [2.45, 2.75) is 12.8 Å². The van der Waals surface area contributed by atoms with E-state index < -0.39 is 5.97 Å². The molecule has 0 saturated heterocycles. The maximum absolute atomic E-state index is 11.1. The maximum atomic E-state index is 11.1. The van der Waals surface area contributed by atoms with E-state index in [0.29, 0.717) is 12.0 Å². The smallest absolute Gasteiger partial charge is 0.335 e. The van der Waals surface area contributed by atoms with E-state index in [4.69, 9.17) is 5.11 Å². The van der Waals surface area contributed by atoms with E-state index in [2.05, 4.69) is 15.1 Å². The third-order valence-corrected chi connectivity index (χ3v) is 3.95. The van der Waals surface area contributed by atoms with Crippen LogP contribution in [0.25, 0.3) is 28.0 Å². The molecule has 0 radical (unpaired) electrons. The molecule has 0 atom stereocenters. The highest BCUT2D eigenvalue weighted by atomic mass is 16.4. The number of para-hydroxylation sites is 2. The van der Waals surface area contributed by atoms with Crippen molar-refractivity contribution in [3.05, 3.63) is 60.6 Å².